The van der Waals surface area contributed by atoms with Crippen molar-refractivity contribution in [1.82, 2.24) is 24.5 Å². The lowest BCUT2D eigenvalue weighted by Gasteiger charge is -2.07. The fourth-order valence-corrected chi connectivity index (χ4v) is 4.51. The Morgan fingerprint density at radius 2 is 2.11 bits per heavy atom. The first kappa shape index (κ1) is 18.0. The fraction of sp³-hybridized carbons (Fsp3) is 0.176. The molecule has 0 spiro atoms. The van der Waals surface area contributed by atoms with Gasteiger partial charge in [-0.1, -0.05) is 41.6 Å². The highest BCUT2D eigenvalue weighted by Gasteiger charge is 2.16. The molecular weight excluding hydrogens is 406 g/mol. The van der Waals surface area contributed by atoms with E-state index >= 15 is 0 Å². The average molecular weight is 420 g/mol. The summed E-state index contributed by atoms with van der Waals surface area (Å²) in [6, 6.07) is 9.24. The molecule has 0 atom stereocenters. The summed E-state index contributed by atoms with van der Waals surface area (Å²) in [5.74, 6) is 0.493. The summed E-state index contributed by atoms with van der Waals surface area (Å²) >= 11 is 8.74. The van der Waals surface area contributed by atoms with Crippen LogP contribution in [0.3, 0.4) is 0 Å². The topological polar surface area (TPSA) is 81.3 Å². The number of carbonyl (C=O) groups is 1. The number of nitrogens with one attached hydrogen (secondary N) is 1. The molecule has 0 aliphatic rings. The Morgan fingerprint density at radius 3 is 2.93 bits per heavy atom. The van der Waals surface area contributed by atoms with Crippen molar-refractivity contribution in [3.63, 3.8) is 0 Å². The highest BCUT2D eigenvalue weighted by Crippen LogP contribution is 2.24. The summed E-state index contributed by atoms with van der Waals surface area (Å²) in [7, 11) is 1.66. The van der Waals surface area contributed by atoms with Crippen molar-refractivity contribution in [1.29, 1.82) is 0 Å². The van der Waals surface area contributed by atoms with Crippen LogP contribution in [0.15, 0.2) is 45.7 Å². The Balaban J connectivity index is 1.52. The minimum Gasteiger partial charge on any atom is -0.351 e. The first-order chi connectivity index (χ1) is 13.1. The number of aryl methyl sites for hydroxylation is 1. The summed E-state index contributed by atoms with van der Waals surface area (Å²) in [4.78, 5) is 24.5. The fourth-order valence-electron chi connectivity index (χ4n) is 2.68. The number of amides is 1. The van der Waals surface area contributed by atoms with E-state index in [1.807, 2.05) is 29.6 Å². The van der Waals surface area contributed by atoms with E-state index in [4.69, 9.17) is 11.6 Å². The third kappa shape index (κ3) is 3.33. The van der Waals surface area contributed by atoms with Gasteiger partial charge in [-0.05, 0) is 23.1 Å². The molecule has 0 aliphatic carbocycles. The molecule has 10 heteroatoms. The van der Waals surface area contributed by atoms with Gasteiger partial charge in [0.1, 0.15) is 4.70 Å². The van der Waals surface area contributed by atoms with Crippen molar-refractivity contribution in [2.75, 3.05) is 5.75 Å². The number of hydrogen-bond acceptors (Lipinski definition) is 6. The summed E-state index contributed by atoms with van der Waals surface area (Å²) in [5, 5.41) is 14.1. The molecule has 3 aromatic heterocycles. The largest absolute Gasteiger partial charge is 0.351 e. The molecule has 27 heavy (non-hydrogen) atoms. The monoisotopic (exact) mass is 419 g/mol. The average Bonchev–Trinajstić information content (AvgIpc) is 3.30. The number of aromatic nitrogens is 4. The Labute approximate surface area is 167 Å². The number of hydrogen-bond donors (Lipinski definition) is 1. The molecule has 0 saturated carbocycles. The molecule has 4 aromatic rings. The van der Waals surface area contributed by atoms with Crippen molar-refractivity contribution in [2.45, 2.75) is 11.7 Å². The van der Waals surface area contributed by atoms with Crippen LogP contribution in [0.2, 0.25) is 5.02 Å². The molecule has 7 nitrogen and oxygen atoms in total. The maximum Gasteiger partial charge on any atom is 0.272 e. The van der Waals surface area contributed by atoms with E-state index in [9.17, 15) is 9.59 Å². The van der Waals surface area contributed by atoms with Crippen LogP contribution in [0.4, 0.5) is 0 Å². The van der Waals surface area contributed by atoms with Gasteiger partial charge in [0.05, 0.1) is 11.3 Å². The molecule has 4 rings (SSSR count). The number of rotatable bonds is 5. The lowest BCUT2D eigenvalue weighted by Crippen LogP contribution is -2.24. The van der Waals surface area contributed by atoms with Gasteiger partial charge in [-0.3, -0.25) is 18.6 Å². The van der Waals surface area contributed by atoms with E-state index < -0.39 is 0 Å². The van der Waals surface area contributed by atoms with Crippen molar-refractivity contribution in [3.05, 3.63) is 56.7 Å². The van der Waals surface area contributed by atoms with Crippen LogP contribution >= 0.6 is 34.7 Å². The Kier molecular flexibility index (Phi) is 4.90. The van der Waals surface area contributed by atoms with Crippen molar-refractivity contribution < 1.29 is 4.79 Å². The molecule has 0 fully saturated rings. The molecular formula is C17H14ClN5O2S2. The van der Waals surface area contributed by atoms with Gasteiger partial charge in [0.25, 0.3) is 5.56 Å². The Morgan fingerprint density at radius 1 is 1.30 bits per heavy atom. The van der Waals surface area contributed by atoms with Gasteiger partial charge < -0.3 is 5.32 Å². The zero-order valence-corrected chi connectivity index (χ0v) is 16.6. The molecule has 0 unspecified atom stereocenters. The summed E-state index contributed by atoms with van der Waals surface area (Å²) < 4.78 is 3.90. The lowest BCUT2D eigenvalue weighted by molar-refractivity contribution is -0.118. The standard InChI is InChI=1S/C17H14ClN5O2S2/c1-22-15(25)14-12(6-7-26-14)23-16(22)20-21-17(23)27-9-13(24)19-8-10-4-2-3-5-11(10)18/h2-7H,8-9H2,1H3,(H,19,24). The van der Waals surface area contributed by atoms with E-state index in [0.29, 0.717) is 27.2 Å². The van der Waals surface area contributed by atoms with Crippen LogP contribution in [0, 0.1) is 0 Å². The zero-order chi connectivity index (χ0) is 19.0. The number of nitrogens with zero attached hydrogens (tertiary/aromatic N) is 4. The number of halogens is 1. The predicted molar refractivity (Wildman–Crippen MR) is 108 cm³/mol. The maximum absolute atomic E-state index is 12.3. The molecule has 1 N–H and O–H groups in total. The van der Waals surface area contributed by atoms with Crippen LogP contribution in [-0.2, 0) is 18.4 Å². The second kappa shape index (κ2) is 7.34. The molecule has 1 amide bonds. The SMILES string of the molecule is Cn1c(=O)c2sccc2n2c(SCC(=O)NCc3ccccc3Cl)nnc12. The number of benzene rings is 1. The maximum atomic E-state index is 12.3. The van der Waals surface area contributed by atoms with E-state index in [1.54, 1.807) is 17.5 Å². The van der Waals surface area contributed by atoms with Crippen LogP contribution < -0.4 is 10.9 Å². The molecule has 3 heterocycles. The van der Waals surface area contributed by atoms with Gasteiger partial charge in [-0.2, -0.15) is 0 Å². The van der Waals surface area contributed by atoms with E-state index in [-0.39, 0.29) is 17.2 Å². The first-order valence-electron chi connectivity index (χ1n) is 8.00. The molecule has 138 valence electrons. The van der Waals surface area contributed by atoms with Gasteiger partial charge in [0.15, 0.2) is 5.16 Å². The molecule has 0 bridgehead atoms. The predicted octanol–water partition coefficient (Wildman–Crippen LogP) is 2.70. The third-order valence-corrected chi connectivity index (χ3v) is 6.26. The quantitative estimate of drug-likeness (QED) is 0.503. The van der Waals surface area contributed by atoms with Gasteiger partial charge in [-0.25, -0.2) is 0 Å². The zero-order valence-electron chi connectivity index (χ0n) is 14.2. The molecule has 0 saturated heterocycles. The second-order valence-electron chi connectivity index (χ2n) is 5.77. The van der Waals surface area contributed by atoms with Crippen molar-refractivity contribution in [2.24, 2.45) is 7.05 Å². The number of thiophene rings is 1. The van der Waals surface area contributed by atoms with Crippen molar-refractivity contribution >= 4 is 56.6 Å². The normalized spacial score (nSPS) is 11.3. The van der Waals surface area contributed by atoms with Gasteiger partial charge in [-0.15, -0.1) is 21.5 Å². The van der Waals surface area contributed by atoms with Gasteiger partial charge in [0, 0.05) is 18.6 Å². The van der Waals surface area contributed by atoms with Crippen LogP contribution in [0.25, 0.3) is 16.0 Å². The van der Waals surface area contributed by atoms with Gasteiger partial charge >= 0.3 is 0 Å². The smallest absolute Gasteiger partial charge is 0.272 e. The molecule has 0 aliphatic heterocycles. The summed E-state index contributed by atoms with van der Waals surface area (Å²) in [5.41, 5.74) is 1.51. The summed E-state index contributed by atoms with van der Waals surface area (Å²) in [6.07, 6.45) is 0. The van der Waals surface area contributed by atoms with Crippen LogP contribution in [0.1, 0.15) is 5.56 Å². The van der Waals surface area contributed by atoms with Gasteiger partial charge in [0.2, 0.25) is 11.7 Å². The Bertz CT molecular complexity index is 1210. The third-order valence-electron chi connectivity index (χ3n) is 4.07. The van der Waals surface area contributed by atoms with E-state index in [2.05, 4.69) is 15.5 Å². The Hall–Kier alpha value is -2.36. The van der Waals surface area contributed by atoms with Crippen molar-refractivity contribution in [3.8, 4) is 0 Å². The number of thioether (sulfide) groups is 1. The minimum atomic E-state index is -0.136. The van der Waals surface area contributed by atoms with Crippen LogP contribution in [0.5, 0.6) is 0 Å². The lowest BCUT2D eigenvalue weighted by atomic mass is 10.2. The minimum absolute atomic E-state index is 0.103. The molecule has 1 aromatic carbocycles. The number of fused-ring (bicyclic) bond motifs is 3. The highest BCUT2D eigenvalue weighted by molar-refractivity contribution is 7.99. The second-order valence-corrected chi connectivity index (χ2v) is 8.04. The highest BCUT2D eigenvalue weighted by atomic mass is 35.5. The summed E-state index contributed by atoms with van der Waals surface area (Å²) in [6.45, 7) is 0.364. The first-order valence-corrected chi connectivity index (χ1v) is 10.2. The molecule has 0 radical (unpaired) electrons. The number of carbonyl (C=O) groups excluding carboxylic acids is 1. The van der Waals surface area contributed by atoms with E-state index in [1.165, 1.54) is 27.7 Å². The van der Waals surface area contributed by atoms with E-state index in [0.717, 1.165) is 11.1 Å². The van der Waals surface area contributed by atoms with Crippen LogP contribution in [-0.4, -0.2) is 30.8 Å².